The molecule has 8 heteroatoms. The molecule has 0 aromatic carbocycles. The van der Waals surface area contributed by atoms with Gasteiger partial charge in [0, 0.05) is 44.1 Å². The number of thioether (sulfide) groups is 1. The second kappa shape index (κ2) is 8.37. The maximum absolute atomic E-state index is 4.44. The van der Waals surface area contributed by atoms with Gasteiger partial charge in [0.1, 0.15) is 5.82 Å². The molecule has 2 aliphatic heterocycles. The van der Waals surface area contributed by atoms with E-state index in [0.717, 1.165) is 48.9 Å². The zero-order chi connectivity index (χ0) is 14.7. The number of aryl methyl sites for hydroxylation is 1. The average Bonchev–Trinajstić information content (AvgIpc) is 3.12. The van der Waals surface area contributed by atoms with Crippen molar-refractivity contribution in [1.82, 2.24) is 25.0 Å². The van der Waals surface area contributed by atoms with E-state index in [9.17, 15) is 0 Å². The van der Waals surface area contributed by atoms with Crippen LogP contribution in [-0.2, 0) is 19.5 Å². The van der Waals surface area contributed by atoms with Crippen LogP contribution in [0.15, 0.2) is 4.99 Å². The van der Waals surface area contributed by atoms with E-state index < -0.39 is 0 Å². The predicted molar refractivity (Wildman–Crippen MR) is 102 cm³/mol. The predicted octanol–water partition coefficient (Wildman–Crippen LogP) is 1.75. The van der Waals surface area contributed by atoms with Gasteiger partial charge in [-0.05, 0) is 12.8 Å². The molecular weight excluding hydrogens is 411 g/mol. The highest BCUT2D eigenvalue weighted by Crippen LogP contribution is 2.21. The van der Waals surface area contributed by atoms with Gasteiger partial charge in [0.2, 0.25) is 0 Å². The Hall–Kier alpha value is -0.510. The summed E-state index contributed by atoms with van der Waals surface area (Å²) < 4.78 is 2.24. The highest BCUT2D eigenvalue weighted by atomic mass is 127. The lowest BCUT2D eigenvalue weighted by atomic mass is 10.3. The number of aliphatic imine (C=N–C) groups is 1. The Morgan fingerprint density at radius 1 is 1.41 bits per heavy atom. The molecule has 0 radical (unpaired) electrons. The zero-order valence-corrected chi connectivity index (χ0v) is 16.4. The van der Waals surface area contributed by atoms with Gasteiger partial charge >= 0.3 is 0 Å². The Labute approximate surface area is 153 Å². The summed E-state index contributed by atoms with van der Waals surface area (Å²) in [6.45, 7) is 6.17. The summed E-state index contributed by atoms with van der Waals surface area (Å²) in [6.07, 6.45) is 3.47. The molecule has 0 amide bonds. The van der Waals surface area contributed by atoms with Gasteiger partial charge in [0.25, 0.3) is 0 Å². The molecule has 1 saturated heterocycles. The SMILES string of the molecule is CCC1CN(C(=NC)NCc2nnc3n2CCC3)CCS1.I. The van der Waals surface area contributed by atoms with Gasteiger partial charge < -0.3 is 14.8 Å². The summed E-state index contributed by atoms with van der Waals surface area (Å²) >= 11 is 2.08. The number of rotatable bonds is 3. The number of aromatic nitrogens is 3. The molecule has 1 atom stereocenters. The van der Waals surface area contributed by atoms with Crippen molar-refractivity contribution >= 4 is 41.7 Å². The van der Waals surface area contributed by atoms with E-state index in [4.69, 9.17) is 0 Å². The van der Waals surface area contributed by atoms with Crippen molar-refractivity contribution in [2.24, 2.45) is 4.99 Å². The molecule has 1 unspecified atom stereocenters. The van der Waals surface area contributed by atoms with Gasteiger partial charge in [0.05, 0.1) is 6.54 Å². The second-order valence-corrected chi connectivity index (χ2v) is 6.94. The standard InChI is InChI=1S/C14H24N6S.HI/c1-3-11-10-19(7-8-21-11)14(15-2)16-9-13-18-17-12-5-4-6-20(12)13;/h11H,3-10H2,1-2H3,(H,15,16);1H. The van der Waals surface area contributed by atoms with Crippen LogP contribution in [0.25, 0.3) is 0 Å². The molecule has 1 aromatic heterocycles. The lowest BCUT2D eigenvalue weighted by Crippen LogP contribution is -2.47. The number of guanidine groups is 1. The number of halogens is 1. The molecule has 2 aliphatic rings. The first-order valence-corrected chi connectivity index (χ1v) is 8.84. The number of nitrogens with one attached hydrogen (secondary N) is 1. The highest BCUT2D eigenvalue weighted by Gasteiger charge is 2.22. The van der Waals surface area contributed by atoms with Crippen LogP contribution in [0.4, 0.5) is 0 Å². The first-order chi connectivity index (χ1) is 10.3. The number of hydrogen-bond acceptors (Lipinski definition) is 4. The Bertz CT molecular complexity index is 517. The van der Waals surface area contributed by atoms with Gasteiger partial charge in [-0.2, -0.15) is 11.8 Å². The van der Waals surface area contributed by atoms with Crippen LogP contribution < -0.4 is 5.32 Å². The Morgan fingerprint density at radius 2 is 2.27 bits per heavy atom. The second-order valence-electron chi connectivity index (χ2n) is 5.54. The monoisotopic (exact) mass is 436 g/mol. The molecule has 3 rings (SSSR count). The lowest BCUT2D eigenvalue weighted by Gasteiger charge is -2.34. The molecular formula is C14H25IN6S. The first kappa shape index (κ1) is 17.8. The van der Waals surface area contributed by atoms with E-state index in [0.29, 0.717) is 6.54 Å². The van der Waals surface area contributed by atoms with Crippen molar-refractivity contribution in [2.75, 3.05) is 25.9 Å². The molecule has 124 valence electrons. The fourth-order valence-electron chi connectivity index (χ4n) is 2.99. The quantitative estimate of drug-likeness (QED) is 0.445. The van der Waals surface area contributed by atoms with E-state index in [2.05, 4.69) is 48.7 Å². The molecule has 0 saturated carbocycles. The van der Waals surface area contributed by atoms with Crippen molar-refractivity contribution in [3.63, 3.8) is 0 Å². The Kier molecular flexibility index (Phi) is 6.79. The van der Waals surface area contributed by atoms with Crippen molar-refractivity contribution in [1.29, 1.82) is 0 Å². The molecule has 0 bridgehead atoms. The van der Waals surface area contributed by atoms with E-state index in [1.807, 2.05) is 7.05 Å². The van der Waals surface area contributed by atoms with Gasteiger partial charge in [-0.15, -0.1) is 34.2 Å². The zero-order valence-electron chi connectivity index (χ0n) is 13.3. The van der Waals surface area contributed by atoms with Crippen molar-refractivity contribution in [2.45, 2.75) is 44.5 Å². The van der Waals surface area contributed by atoms with Gasteiger partial charge in [-0.3, -0.25) is 4.99 Å². The van der Waals surface area contributed by atoms with Gasteiger partial charge in [-0.25, -0.2) is 0 Å². The number of fused-ring (bicyclic) bond motifs is 1. The smallest absolute Gasteiger partial charge is 0.194 e. The molecule has 3 heterocycles. The van der Waals surface area contributed by atoms with Crippen LogP contribution in [0.3, 0.4) is 0 Å². The van der Waals surface area contributed by atoms with E-state index in [1.54, 1.807) is 0 Å². The summed E-state index contributed by atoms with van der Waals surface area (Å²) in [5, 5.41) is 12.7. The molecule has 6 nitrogen and oxygen atoms in total. The lowest BCUT2D eigenvalue weighted by molar-refractivity contribution is 0.407. The molecule has 1 aromatic rings. The number of nitrogens with zero attached hydrogens (tertiary/aromatic N) is 5. The van der Waals surface area contributed by atoms with E-state index >= 15 is 0 Å². The first-order valence-electron chi connectivity index (χ1n) is 7.80. The molecule has 0 aliphatic carbocycles. The third-order valence-electron chi connectivity index (χ3n) is 4.20. The summed E-state index contributed by atoms with van der Waals surface area (Å²) in [4.78, 5) is 6.81. The maximum atomic E-state index is 4.44. The minimum absolute atomic E-state index is 0. The van der Waals surface area contributed by atoms with Crippen molar-refractivity contribution < 1.29 is 0 Å². The number of hydrogen-bond donors (Lipinski definition) is 1. The fraction of sp³-hybridized carbons (Fsp3) is 0.786. The van der Waals surface area contributed by atoms with Crippen LogP contribution in [-0.4, -0.2) is 56.8 Å². The third kappa shape index (κ3) is 3.87. The van der Waals surface area contributed by atoms with Crippen LogP contribution in [0, 0.1) is 0 Å². The fourth-order valence-corrected chi connectivity index (χ4v) is 4.17. The summed E-state index contributed by atoms with van der Waals surface area (Å²) in [6, 6.07) is 0. The largest absolute Gasteiger partial charge is 0.349 e. The van der Waals surface area contributed by atoms with Crippen LogP contribution in [0.1, 0.15) is 31.4 Å². The van der Waals surface area contributed by atoms with Crippen LogP contribution in [0.5, 0.6) is 0 Å². The Morgan fingerprint density at radius 3 is 3.05 bits per heavy atom. The van der Waals surface area contributed by atoms with Crippen molar-refractivity contribution in [3.05, 3.63) is 11.6 Å². The minimum atomic E-state index is 0. The summed E-state index contributed by atoms with van der Waals surface area (Å²) in [7, 11) is 1.86. The maximum Gasteiger partial charge on any atom is 0.194 e. The topological polar surface area (TPSA) is 58.3 Å². The van der Waals surface area contributed by atoms with E-state index in [1.165, 1.54) is 18.6 Å². The molecule has 1 N–H and O–H groups in total. The Balaban J connectivity index is 0.00000176. The molecule has 0 spiro atoms. The van der Waals surface area contributed by atoms with E-state index in [-0.39, 0.29) is 24.0 Å². The summed E-state index contributed by atoms with van der Waals surface area (Å²) in [5.41, 5.74) is 0. The van der Waals surface area contributed by atoms with Gasteiger partial charge in [0.15, 0.2) is 11.8 Å². The summed E-state index contributed by atoms with van der Waals surface area (Å²) in [5.74, 6) is 4.33. The molecule has 1 fully saturated rings. The normalized spacial score (nSPS) is 21.5. The average molecular weight is 436 g/mol. The van der Waals surface area contributed by atoms with Crippen molar-refractivity contribution in [3.8, 4) is 0 Å². The minimum Gasteiger partial charge on any atom is -0.349 e. The molecule has 22 heavy (non-hydrogen) atoms. The van der Waals surface area contributed by atoms with Crippen LogP contribution >= 0.6 is 35.7 Å². The van der Waals surface area contributed by atoms with Crippen LogP contribution in [0.2, 0.25) is 0 Å². The third-order valence-corrected chi connectivity index (χ3v) is 5.57. The highest BCUT2D eigenvalue weighted by molar-refractivity contribution is 14.0. The van der Waals surface area contributed by atoms with Gasteiger partial charge in [-0.1, -0.05) is 6.92 Å².